The van der Waals surface area contributed by atoms with Gasteiger partial charge in [0.05, 0.1) is 16.8 Å². The van der Waals surface area contributed by atoms with Gasteiger partial charge in [-0.3, -0.25) is 9.48 Å². The fourth-order valence-corrected chi connectivity index (χ4v) is 2.84. The second kappa shape index (κ2) is 7.43. The van der Waals surface area contributed by atoms with E-state index in [1.807, 2.05) is 0 Å². The van der Waals surface area contributed by atoms with E-state index in [1.165, 1.54) is 12.1 Å². The van der Waals surface area contributed by atoms with Crippen molar-refractivity contribution in [1.82, 2.24) is 9.78 Å². The zero-order valence-electron chi connectivity index (χ0n) is 14.2. The molecule has 0 saturated carbocycles. The van der Waals surface area contributed by atoms with Crippen LogP contribution in [-0.4, -0.2) is 15.7 Å². The maximum absolute atomic E-state index is 13.3. The topological polar surface area (TPSA) is 60.9 Å². The first-order chi connectivity index (χ1) is 12.1. The maximum atomic E-state index is 13.3. The molecule has 0 aliphatic rings. The number of hydrogen-bond acceptors (Lipinski definition) is 2. The molecule has 2 rings (SSSR count). The minimum absolute atomic E-state index is 0.0363. The Balaban J connectivity index is 2.66. The Bertz CT molecular complexity index is 811. The number of nitrogens with zero attached hydrogens (tertiary/aromatic N) is 2. The number of aromatic nitrogens is 2. The van der Waals surface area contributed by atoms with Gasteiger partial charge in [-0.1, -0.05) is 24.6 Å². The quantitative estimate of drug-likeness (QED) is 0.768. The molecular weight excluding hydrogens is 357 g/mol. The van der Waals surface area contributed by atoms with Crippen molar-refractivity contribution in [3.8, 4) is 0 Å². The van der Waals surface area contributed by atoms with E-state index in [2.05, 4.69) is 5.10 Å². The van der Waals surface area contributed by atoms with Crippen LogP contribution in [0.3, 0.4) is 0 Å². The number of amides is 1. The minimum atomic E-state index is -4.61. The summed E-state index contributed by atoms with van der Waals surface area (Å²) in [5.41, 5.74) is 3.43. The van der Waals surface area contributed by atoms with Gasteiger partial charge in [0.25, 0.3) is 12.3 Å². The summed E-state index contributed by atoms with van der Waals surface area (Å²) in [4.78, 5) is 11.7. The number of carbonyl (C=O) groups excluding carboxylic acids is 1. The van der Waals surface area contributed by atoms with Crippen molar-refractivity contribution >= 4 is 5.91 Å². The van der Waals surface area contributed by atoms with Crippen molar-refractivity contribution < 1.29 is 26.7 Å². The van der Waals surface area contributed by atoms with Crippen LogP contribution in [-0.2, 0) is 19.1 Å². The fourth-order valence-electron chi connectivity index (χ4n) is 2.84. The Morgan fingerprint density at radius 1 is 1.31 bits per heavy atom. The largest absolute Gasteiger partial charge is 0.416 e. The first-order valence-corrected chi connectivity index (χ1v) is 7.90. The molecular formula is C17H18F5N3O. The second-order valence-corrected chi connectivity index (χ2v) is 5.93. The number of halogens is 5. The molecule has 1 heterocycles. The molecule has 0 spiro atoms. The zero-order valence-corrected chi connectivity index (χ0v) is 14.2. The van der Waals surface area contributed by atoms with Gasteiger partial charge in [0.1, 0.15) is 5.69 Å². The average Bonchev–Trinajstić information content (AvgIpc) is 2.85. The van der Waals surface area contributed by atoms with Crippen LogP contribution in [0.2, 0.25) is 0 Å². The van der Waals surface area contributed by atoms with Gasteiger partial charge >= 0.3 is 6.18 Å². The maximum Gasteiger partial charge on any atom is 0.416 e. The second-order valence-electron chi connectivity index (χ2n) is 5.93. The Hall–Kier alpha value is -2.45. The van der Waals surface area contributed by atoms with Crippen molar-refractivity contribution in [2.45, 2.75) is 45.8 Å². The third-order valence-corrected chi connectivity index (χ3v) is 3.90. The molecule has 0 unspecified atom stereocenters. The van der Waals surface area contributed by atoms with Gasteiger partial charge < -0.3 is 5.73 Å². The monoisotopic (exact) mass is 375 g/mol. The van der Waals surface area contributed by atoms with E-state index < -0.39 is 35.3 Å². The lowest BCUT2D eigenvalue weighted by molar-refractivity contribution is -0.138. The summed E-state index contributed by atoms with van der Waals surface area (Å²) in [5, 5.41) is 3.72. The minimum Gasteiger partial charge on any atom is -0.365 e. The highest BCUT2D eigenvalue weighted by Gasteiger charge is 2.34. The number of hydrogen-bond donors (Lipinski definition) is 1. The normalized spacial score (nSPS) is 12.0. The van der Waals surface area contributed by atoms with E-state index in [0.29, 0.717) is 12.0 Å². The van der Waals surface area contributed by atoms with Gasteiger partial charge in [-0.25, -0.2) is 8.78 Å². The molecule has 0 aliphatic carbocycles. The van der Waals surface area contributed by atoms with E-state index in [4.69, 9.17) is 5.73 Å². The highest BCUT2D eigenvalue weighted by molar-refractivity contribution is 5.95. The molecule has 0 fully saturated rings. The van der Waals surface area contributed by atoms with Crippen LogP contribution in [0.5, 0.6) is 0 Å². The summed E-state index contributed by atoms with van der Waals surface area (Å²) < 4.78 is 67.5. The van der Waals surface area contributed by atoms with Crippen LogP contribution in [0.4, 0.5) is 22.0 Å². The van der Waals surface area contributed by atoms with Crippen LogP contribution >= 0.6 is 0 Å². The fraction of sp³-hybridized carbons (Fsp3) is 0.412. The summed E-state index contributed by atoms with van der Waals surface area (Å²) >= 11 is 0. The third-order valence-electron chi connectivity index (χ3n) is 3.90. The Labute approximate surface area is 146 Å². The van der Waals surface area contributed by atoms with Crippen molar-refractivity contribution in [3.05, 3.63) is 51.8 Å². The molecule has 2 N–H and O–H groups in total. The van der Waals surface area contributed by atoms with Crippen molar-refractivity contribution in [1.29, 1.82) is 0 Å². The molecule has 4 nitrogen and oxygen atoms in total. The summed E-state index contributed by atoms with van der Waals surface area (Å²) in [6.45, 7) is 3.55. The van der Waals surface area contributed by atoms with Crippen LogP contribution in [0.25, 0.3) is 0 Å². The van der Waals surface area contributed by atoms with Crippen LogP contribution in [0.1, 0.15) is 58.2 Å². The van der Waals surface area contributed by atoms with E-state index in [1.54, 1.807) is 13.8 Å². The molecule has 26 heavy (non-hydrogen) atoms. The molecule has 0 saturated heterocycles. The summed E-state index contributed by atoms with van der Waals surface area (Å²) in [6, 6.07) is 3.57. The van der Waals surface area contributed by atoms with E-state index in [0.717, 1.165) is 10.7 Å². The SMILES string of the molecule is CCCn1nc(C(F)F)c(C(N)=O)c1Cc1cc(C)ccc1C(F)(F)F. The summed E-state index contributed by atoms with van der Waals surface area (Å²) in [5.74, 6) is -1.14. The first-order valence-electron chi connectivity index (χ1n) is 7.90. The lowest BCUT2D eigenvalue weighted by Gasteiger charge is -2.15. The predicted molar refractivity (Wildman–Crippen MR) is 85.0 cm³/mol. The van der Waals surface area contributed by atoms with Gasteiger partial charge in [-0.2, -0.15) is 18.3 Å². The van der Waals surface area contributed by atoms with Crippen LogP contribution < -0.4 is 5.73 Å². The molecule has 1 aromatic carbocycles. The van der Waals surface area contributed by atoms with Crippen molar-refractivity contribution in [3.63, 3.8) is 0 Å². The van der Waals surface area contributed by atoms with E-state index in [-0.39, 0.29) is 24.2 Å². The number of alkyl halides is 5. The Kier molecular flexibility index (Phi) is 5.68. The molecule has 9 heteroatoms. The lowest BCUT2D eigenvalue weighted by atomic mass is 9.97. The first kappa shape index (κ1) is 19.9. The smallest absolute Gasteiger partial charge is 0.365 e. The molecule has 0 radical (unpaired) electrons. The van der Waals surface area contributed by atoms with Gasteiger partial charge in [0.15, 0.2) is 0 Å². The molecule has 2 aromatic rings. The Morgan fingerprint density at radius 2 is 1.96 bits per heavy atom. The number of nitrogens with two attached hydrogens (primary N) is 1. The number of aryl methyl sites for hydroxylation is 2. The zero-order chi connectivity index (χ0) is 19.6. The van der Waals surface area contributed by atoms with Gasteiger partial charge in [0, 0.05) is 13.0 Å². The van der Waals surface area contributed by atoms with Gasteiger partial charge in [-0.05, 0) is 25.0 Å². The standard InChI is InChI=1S/C17H18F5N3O/c1-3-6-25-12(13(16(23)26)14(24-25)15(18)19)8-10-7-9(2)4-5-11(10)17(20,21)22/h4-5,7,15H,3,6,8H2,1-2H3,(H2,23,26). The van der Waals surface area contributed by atoms with E-state index >= 15 is 0 Å². The lowest BCUT2D eigenvalue weighted by Crippen LogP contribution is -2.18. The Morgan fingerprint density at radius 3 is 2.46 bits per heavy atom. The average molecular weight is 375 g/mol. The van der Waals surface area contributed by atoms with E-state index in [9.17, 15) is 26.7 Å². The summed E-state index contributed by atoms with van der Waals surface area (Å²) in [6.07, 6.45) is -7.56. The van der Waals surface area contributed by atoms with Crippen molar-refractivity contribution in [2.75, 3.05) is 0 Å². The molecule has 0 atom stereocenters. The molecule has 1 aromatic heterocycles. The highest BCUT2D eigenvalue weighted by atomic mass is 19.4. The highest BCUT2D eigenvalue weighted by Crippen LogP contribution is 2.35. The molecule has 0 aliphatic heterocycles. The third kappa shape index (κ3) is 4.03. The number of rotatable bonds is 6. The summed E-state index contributed by atoms with van der Waals surface area (Å²) in [7, 11) is 0. The van der Waals surface area contributed by atoms with Crippen molar-refractivity contribution in [2.24, 2.45) is 5.73 Å². The predicted octanol–water partition coefficient (Wildman–Crippen LogP) is 4.25. The van der Waals surface area contributed by atoms with Crippen LogP contribution in [0.15, 0.2) is 18.2 Å². The molecule has 1 amide bonds. The van der Waals surface area contributed by atoms with Gasteiger partial charge in [0.2, 0.25) is 0 Å². The molecule has 0 bridgehead atoms. The number of carbonyl (C=O) groups is 1. The molecule has 142 valence electrons. The van der Waals surface area contributed by atoms with Crippen LogP contribution in [0, 0.1) is 6.92 Å². The van der Waals surface area contributed by atoms with Gasteiger partial charge in [-0.15, -0.1) is 0 Å². The number of primary amides is 1. The number of benzene rings is 1.